The number of benzene rings is 1. The lowest BCUT2D eigenvalue weighted by atomic mass is 10.1. The molecule has 2 unspecified atom stereocenters. The molecular weight excluding hydrogens is 376 g/mol. The second-order valence-electron chi connectivity index (χ2n) is 6.97. The number of carbonyl (C=O) groups is 1. The molecule has 2 heterocycles. The number of nitrogens with zero attached hydrogens (tertiary/aromatic N) is 1. The highest BCUT2D eigenvalue weighted by Gasteiger charge is 2.35. The minimum atomic E-state index is -3.09. The maximum absolute atomic E-state index is 12.4. The molecule has 3 rings (SSSR count). The van der Waals surface area contributed by atoms with Gasteiger partial charge in [-0.3, -0.25) is 4.79 Å². The van der Waals surface area contributed by atoms with Gasteiger partial charge in [0.2, 0.25) is 5.91 Å². The van der Waals surface area contributed by atoms with Crippen molar-refractivity contribution in [3.05, 3.63) is 24.3 Å². The van der Waals surface area contributed by atoms with E-state index >= 15 is 0 Å². The SMILES string of the molecule is CCC(=O)N(c1ccc(NC2CCS(=O)(=O)C2)cc1)C1CCS(=O)(=O)C1. The number of amides is 1. The summed E-state index contributed by atoms with van der Waals surface area (Å²) in [6.45, 7) is 1.76. The maximum atomic E-state index is 12.4. The fourth-order valence-electron chi connectivity index (χ4n) is 3.57. The molecule has 1 aromatic carbocycles. The number of rotatable bonds is 5. The third-order valence-electron chi connectivity index (χ3n) is 4.89. The second kappa shape index (κ2) is 7.19. The first kappa shape index (κ1) is 19.2. The lowest BCUT2D eigenvalue weighted by Gasteiger charge is -2.28. The molecule has 1 amide bonds. The van der Waals surface area contributed by atoms with E-state index in [0.29, 0.717) is 24.9 Å². The van der Waals surface area contributed by atoms with E-state index in [4.69, 9.17) is 0 Å². The Morgan fingerprint density at radius 1 is 1.04 bits per heavy atom. The van der Waals surface area contributed by atoms with E-state index in [1.54, 1.807) is 36.1 Å². The molecule has 0 aromatic heterocycles. The summed E-state index contributed by atoms with van der Waals surface area (Å²) in [6, 6.07) is 6.75. The van der Waals surface area contributed by atoms with Crippen molar-refractivity contribution in [3.63, 3.8) is 0 Å². The molecule has 0 radical (unpaired) electrons. The molecular formula is C17H24N2O5S2. The van der Waals surface area contributed by atoms with Gasteiger partial charge in [-0.2, -0.15) is 0 Å². The minimum Gasteiger partial charge on any atom is -0.381 e. The highest BCUT2D eigenvalue weighted by Crippen LogP contribution is 2.27. The molecule has 2 atom stereocenters. The van der Waals surface area contributed by atoms with Crippen molar-refractivity contribution in [2.75, 3.05) is 33.2 Å². The number of carbonyl (C=O) groups excluding carboxylic acids is 1. The van der Waals surface area contributed by atoms with Gasteiger partial charge < -0.3 is 10.2 Å². The first-order chi connectivity index (χ1) is 12.2. The highest BCUT2D eigenvalue weighted by molar-refractivity contribution is 7.91. The molecule has 0 spiro atoms. The average Bonchev–Trinajstić information content (AvgIpc) is 3.10. The Morgan fingerprint density at radius 3 is 2.15 bits per heavy atom. The lowest BCUT2D eigenvalue weighted by Crippen LogP contribution is -2.41. The smallest absolute Gasteiger partial charge is 0.226 e. The number of hydrogen-bond acceptors (Lipinski definition) is 6. The van der Waals surface area contributed by atoms with Gasteiger partial charge in [-0.15, -0.1) is 0 Å². The van der Waals surface area contributed by atoms with Gasteiger partial charge in [-0.1, -0.05) is 6.92 Å². The molecule has 7 nitrogen and oxygen atoms in total. The summed E-state index contributed by atoms with van der Waals surface area (Å²) < 4.78 is 46.7. The Morgan fingerprint density at radius 2 is 1.65 bits per heavy atom. The van der Waals surface area contributed by atoms with Crippen LogP contribution in [0.5, 0.6) is 0 Å². The van der Waals surface area contributed by atoms with Crippen LogP contribution in [-0.2, 0) is 24.5 Å². The van der Waals surface area contributed by atoms with Crippen LogP contribution in [0.4, 0.5) is 11.4 Å². The molecule has 0 saturated carbocycles. The highest BCUT2D eigenvalue weighted by atomic mass is 32.2. The Kier molecular flexibility index (Phi) is 5.30. The molecule has 1 N–H and O–H groups in total. The molecule has 0 bridgehead atoms. The van der Waals surface area contributed by atoms with Crippen molar-refractivity contribution in [2.45, 2.75) is 38.3 Å². The van der Waals surface area contributed by atoms with Crippen LogP contribution in [0.3, 0.4) is 0 Å². The minimum absolute atomic E-state index is 0.00131. The Labute approximate surface area is 154 Å². The summed E-state index contributed by atoms with van der Waals surface area (Å²) in [7, 11) is -6.03. The van der Waals surface area contributed by atoms with Gasteiger partial charge >= 0.3 is 0 Å². The summed E-state index contributed by atoms with van der Waals surface area (Å²) in [5, 5.41) is 3.21. The lowest BCUT2D eigenvalue weighted by molar-refractivity contribution is -0.118. The summed E-state index contributed by atoms with van der Waals surface area (Å²) in [5.41, 5.74) is 1.46. The summed E-state index contributed by atoms with van der Waals surface area (Å²) in [6.07, 6.45) is 1.34. The first-order valence-electron chi connectivity index (χ1n) is 8.78. The zero-order valence-electron chi connectivity index (χ0n) is 14.7. The van der Waals surface area contributed by atoms with Gasteiger partial charge in [0, 0.05) is 23.8 Å². The van der Waals surface area contributed by atoms with Crippen molar-refractivity contribution in [2.24, 2.45) is 0 Å². The van der Waals surface area contributed by atoms with Crippen LogP contribution in [0.25, 0.3) is 0 Å². The van der Waals surface area contributed by atoms with Crippen molar-refractivity contribution in [1.82, 2.24) is 0 Å². The molecule has 0 aliphatic carbocycles. The normalized spacial score (nSPS) is 26.5. The predicted octanol–water partition coefficient (Wildman–Crippen LogP) is 1.22. The fourth-order valence-corrected chi connectivity index (χ4v) is 6.94. The summed E-state index contributed by atoms with van der Waals surface area (Å²) in [4.78, 5) is 14.0. The summed E-state index contributed by atoms with van der Waals surface area (Å²) in [5.74, 6) is 0.349. The molecule has 144 valence electrons. The van der Waals surface area contributed by atoms with Crippen molar-refractivity contribution >= 4 is 37.0 Å². The van der Waals surface area contributed by atoms with Gasteiger partial charge in [-0.05, 0) is 37.1 Å². The standard InChI is InChI=1S/C17H24N2O5S2/c1-2-17(20)19(16-8-10-26(23,24)12-16)15-5-3-13(4-6-15)18-14-7-9-25(21,22)11-14/h3-6,14,16,18H,2,7-12H2,1H3. The van der Waals surface area contributed by atoms with E-state index in [-0.39, 0.29) is 41.0 Å². The number of sulfone groups is 2. The predicted molar refractivity (Wildman–Crippen MR) is 102 cm³/mol. The molecule has 9 heteroatoms. The fraction of sp³-hybridized carbons (Fsp3) is 0.588. The van der Waals surface area contributed by atoms with Crippen LogP contribution in [0.1, 0.15) is 26.2 Å². The van der Waals surface area contributed by atoms with Crippen LogP contribution in [0, 0.1) is 0 Å². The second-order valence-corrected chi connectivity index (χ2v) is 11.4. The zero-order chi connectivity index (χ0) is 18.9. The van der Waals surface area contributed by atoms with E-state index in [0.717, 1.165) is 5.69 Å². The van der Waals surface area contributed by atoms with E-state index in [1.165, 1.54) is 0 Å². The van der Waals surface area contributed by atoms with Gasteiger partial charge in [0.15, 0.2) is 19.7 Å². The van der Waals surface area contributed by atoms with E-state index in [9.17, 15) is 21.6 Å². The summed E-state index contributed by atoms with van der Waals surface area (Å²) >= 11 is 0. The maximum Gasteiger partial charge on any atom is 0.226 e. The van der Waals surface area contributed by atoms with Gasteiger partial charge in [0.1, 0.15) is 0 Å². The molecule has 1 aromatic rings. The van der Waals surface area contributed by atoms with Gasteiger partial charge in [-0.25, -0.2) is 16.8 Å². The number of hydrogen-bond donors (Lipinski definition) is 1. The molecule has 2 aliphatic heterocycles. The van der Waals surface area contributed by atoms with Gasteiger partial charge in [0.05, 0.1) is 29.1 Å². The largest absolute Gasteiger partial charge is 0.381 e. The molecule has 26 heavy (non-hydrogen) atoms. The molecule has 2 fully saturated rings. The van der Waals surface area contributed by atoms with Crippen LogP contribution >= 0.6 is 0 Å². The number of anilines is 2. The van der Waals surface area contributed by atoms with E-state index in [2.05, 4.69) is 5.32 Å². The van der Waals surface area contributed by atoms with Crippen LogP contribution < -0.4 is 10.2 Å². The van der Waals surface area contributed by atoms with Crippen LogP contribution in [-0.4, -0.2) is 57.8 Å². The number of nitrogens with one attached hydrogen (secondary N) is 1. The zero-order valence-corrected chi connectivity index (χ0v) is 16.4. The third-order valence-corrected chi connectivity index (χ3v) is 8.41. The van der Waals surface area contributed by atoms with E-state index in [1.807, 2.05) is 0 Å². The quantitative estimate of drug-likeness (QED) is 0.797. The first-order valence-corrected chi connectivity index (χ1v) is 12.4. The van der Waals surface area contributed by atoms with Crippen molar-refractivity contribution in [3.8, 4) is 0 Å². The Balaban J connectivity index is 1.75. The topological polar surface area (TPSA) is 101 Å². The van der Waals surface area contributed by atoms with Crippen LogP contribution in [0.15, 0.2) is 24.3 Å². The van der Waals surface area contributed by atoms with Crippen LogP contribution in [0.2, 0.25) is 0 Å². The molecule has 2 aliphatic rings. The van der Waals surface area contributed by atoms with Gasteiger partial charge in [0.25, 0.3) is 0 Å². The van der Waals surface area contributed by atoms with Crippen molar-refractivity contribution in [1.29, 1.82) is 0 Å². The third kappa shape index (κ3) is 4.37. The monoisotopic (exact) mass is 400 g/mol. The Hall–Kier alpha value is -1.61. The Bertz CT molecular complexity index is 878. The van der Waals surface area contributed by atoms with Crippen molar-refractivity contribution < 1.29 is 21.6 Å². The van der Waals surface area contributed by atoms with E-state index < -0.39 is 19.7 Å². The molecule has 2 saturated heterocycles. The average molecular weight is 401 g/mol.